The second kappa shape index (κ2) is 10.1. The molecule has 2 N–H and O–H groups in total. The van der Waals surface area contributed by atoms with Crippen LogP contribution < -0.4 is 10.6 Å². The van der Waals surface area contributed by atoms with Crippen molar-refractivity contribution in [2.75, 3.05) is 32.5 Å². The predicted octanol–water partition coefficient (Wildman–Crippen LogP) is 6.10. The second-order valence-electron chi connectivity index (χ2n) is 8.60. The molecule has 2 amide bonds. The summed E-state index contributed by atoms with van der Waals surface area (Å²) in [6, 6.07) is 26.7. The number of nitrogens with one attached hydrogen (secondary N) is 2. The topological polar surface area (TPSA) is 62.2 Å². The van der Waals surface area contributed by atoms with E-state index in [1.807, 2.05) is 55.7 Å². The summed E-state index contributed by atoms with van der Waals surface area (Å²) < 4.78 is 2.12. The molecule has 0 aliphatic carbocycles. The number of imidazole rings is 1. The summed E-state index contributed by atoms with van der Waals surface area (Å²) in [4.78, 5) is 20.0. The molecule has 176 valence electrons. The lowest BCUT2D eigenvalue weighted by molar-refractivity contribution is 0.250. The average molecular weight is 482 g/mol. The molecule has 0 radical (unpaired) electrons. The fraction of sp³-hybridized carbons (Fsp3) is 0.143. The molecule has 7 heteroatoms. The number of aromatic nitrogens is 2. The molecule has 0 saturated carbocycles. The van der Waals surface area contributed by atoms with E-state index in [9.17, 15) is 4.79 Å². The Bertz CT molecular complexity index is 1420. The van der Waals surface area contributed by atoms with Gasteiger partial charge in [-0.05, 0) is 78.6 Å². The Morgan fingerprint density at radius 1 is 0.943 bits per heavy atom. The Hall–Kier alpha value is -3.94. The molecule has 0 aliphatic heterocycles. The molecular weight excluding hydrogens is 454 g/mol. The van der Waals surface area contributed by atoms with Crippen molar-refractivity contribution in [3.05, 3.63) is 90.6 Å². The molecule has 0 unspecified atom stereocenters. The number of likely N-dealkylation sites (N-methyl/N-ethyl adjacent to an activating group) is 1. The Morgan fingerprint density at radius 2 is 1.69 bits per heavy atom. The van der Waals surface area contributed by atoms with Gasteiger partial charge in [-0.1, -0.05) is 36.4 Å². The number of anilines is 1. The quantitative estimate of drug-likeness (QED) is 0.295. The normalized spacial score (nSPS) is 11.2. The molecule has 2 heterocycles. The van der Waals surface area contributed by atoms with Gasteiger partial charge in [0, 0.05) is 29.3 Å². The van der Waals surface area contributed by atoms with E-state index in [4.69, 9.17) is 0 Å². The molecule has 6 nitrogen and oxygen atoms in total. The van der Waals surface area contributed by atoms with Gasteiger partial charge >= 0.3 is 6.03 Å². The van der Waals surface area contributed by atoms with Crippen LogP contribution in [0.2, 0.25) is 0 Å². The lowest BCUT2D eigenvalue weighted by atomic mass is 10.0. The van der Waals surface area contributed by atoms with Gasteiger partial charge in [0.05, 0.1) is 11.0 Å². The minimum absolute atomic E-state index is 0.199. The fourth-order valence-corrected chi connectivity index (χ4v) is 4.67. The van der Waals surface area contributed by atoms with Crippen LogP contribution in [0.1, 0.15) is 0 Å². The van der Waals surface area contributed by atoms with Crippen molar-refractivity contribution >= 4 is 34.1 Å². The lowest BCUT2D eigenvalue weighted by Crippen LogP contribution is -2.34. The Kier molecular flexibility index (Phi) is 6.61. The zero-order valence-electron chi connectivity index (χ0n) is 19.7. The first-order valence-corrected chi connectivity index (χ1v) is 12.4. The van der Waals surface area contributed by atoms with Gasteiger partial charge in [0.1, 0.15) is 6.33 Å². The van der Waals surface area contributed by atoms with Gasteiger partial charge in [0.25, 0.3) is 0 Å². The van der Waals surface area contributed by atoms with Crippen molar-refractivity contribution < 1.29 is 4.79 Å². The van der Waals surface area contributed by atoms with Crippen LogP contribution in [0.3, 0.4) is 0 Å². The van der Waals surface area contributed by atoms with E-state index in [1.165, 1.54) is 10.4 Å². The number of hydrogen-bond acceptors (Lipinski definition) is 4. The van der Waals surface area contributed by atoms with Crippen molar-refractivity contribution in [3.63, 3.8) is 0 Å². The van der Waals surface area contributed by atoms with Crippen LogP contribution in [0.4, 0.5) is 10.5 Å². The summed E-state index contributed by atoms with van der Waals surface area (Å²) in [7, 11) is 3.95. The van der Waals surface area contributed by atoms with Gasteiger partial charge in [0.2, 0.25) is 0 Å². The maximum atomic E-state index is 12.1. The smallest absolute Gasteiger partial charge is 0.319 e. The van der Waals surface area contributed by atoms with Crippen LogP contribution in [0.15, 0.2) is 90.6 Å². The Labute approximate surface area is 208 Å². The number of fused-ring (bicyclic) bond motifs is 1. The van der Waals surface area contributed by atoms with E-state index >= 15 is 0 Å². The molecule has 3 aromatic carbocycles. The summed E-state index contributed by atoms with van der Waals surface area (Å²) in [5.74, 6) is 0. The number of nitrogens with zero attached hydrogens (tertiary/aromatic N) is 3. The maximum absolute atomic E-state index is 12.1. The van der Waals surface area contributed by atoms with E-state index in [0.29, 0.717) is 6.54 Å². The first kappa shape index (κ1) is 22.8. The minimum atomic E-state index is -0.199. The lowest BCUT2D eigenvalue weighted by Gasteiger charge is -2.11. The van der Waals surface area contributed by atoms with Crippen molar-refractivity contribution in [3.8, 4) is 27.3 Å². The molecule has 0 saturated heterocycles. The zero-order chi connectivity index (χ0) is 24.2. The zero-order valence-corrected chi connectivity index (χ0v) is 20.5. The second-order valence-corrected chi connectivity index (χ2v) is 9.55. The number of urea groups is 1. The van der Waals surface area contributed by atoms with Gasteiger partial charge in [-0.3, -0.25) is 4.57 Å². The third-order valence-corrected chi connectivity index (χ3v) is 6.74. The van der Waals surface area contributed by atoms with Gasteiger partial charge in [0.15, 0.2) is 0 Å². The Balaban J connectivity index is 1.33. The number of hydrogen-bond donors (Lipinski definition) is 2. The monoisotopic (exact) mass is 481 g/mol. The number of carbonyl (C=O) groups excluding carboxylic acids is 1. The highest BCUT2D eigenvalue weighted by Gasteiger charge is 2.09. The van der Waals surface area contributed by atoms with Crippen LogP contribution in [-0.2, 0) is 0 Å². The minimum Gasteiger partial charge on any atom is -0.337 e. The van der Waals surface area contributed by atoms with Gasteiger partial charge in [-0.25, -0.2) is 9.78 Å². The predicted molar refractivity (Wildman–Crippen MR) is 145 cm³/mol. The first-order chi connectivity index (χ1) is 17.1. The molecule has 0 aliphatic rings. The molecule has 0 spiro atoms. The first-order valence-electron chi connectivity index (χ1n) is 11.5. The third kappa shape index (κ3) is 5.26. The van der Waals surface area contributed by atoms with E-state index in [-0.39, 0.29) is 6.03 Å². The standard InChI is InChI=1S/C28H27N5OS/c1-32(2)16-15-29-28(34)31-23-10-5-20(6-11-23)22-9-14-25-26(18-22)33(19-30-25)24-12-7-21(8-13-24)27-4-3-17-35-27/h3-14,17-19H,15-16H2,1-2H3,(H2,29,31,34). The summed E-state index contributed by atoms with van der Waals surface area (Å²) in [6.45, 7) is 1.39. The van der Waals surface area contributed by atoms with Crippen LogP contribution in [0.25, 0.3) is 38.3 Å². The van der Waals surface area contributed by atoms with E-state index in [1.54, 1.807) is 11.3 Å². The van der Waals surface area contributed by atoms with Crippen LogP contribution in [0, 0.1) is 0 Å². The van der Waals surface area contributed by atoms with Crippen molar-refractivity contribution in [1.29, 1.82) is 0 Å². The maximum Gasteiger partial charge on any atom is 0.319 e. The van der Waals surface area contributed by atoms with Crippen molar-refractivity contribution in [2.24, 2.45) is 0 Å². The SMILES string of the molecule is CN(C)CCNC(=O)Nc1ccc(-c2ccc3ncn(-c4ccc(-c5cccs5)cc4)c3c2)cc1. The highest BCUT2D eigenvalue weighted by atomic mass is 32.1. The molecule has 0 atom stereocenters. The van der Waals surface area contributed by atoms with Gasteiger partial charge in [-0.2, -0.15) is 0 Å². The number of amides is 2. The fourth-order valence-electron chi connectivity index (χ4n) is 3.94. The highest BCUT2D eigenvalue weighted by molar-refractivity contribution is 7.13. The summed E-state index contributed by atoms with van der Waals surface area (Å²) in [5, 5.41) is 7.84. The third-order valence-electron chi connectivity index (χ3n) is 5.82. The van der Waals surface area contributed by atoms with Gasteiger partial charge < -0.3 is 15.5 Å². The van der Waals surface area contributed by atoms with E-state index < -0.39 is 0 Å². The largest absolute Gasteiger partial charge is 0.337 e. The molecular formula is C28H27N5OS. The highest BCUT2D eigenvalue weighted by Crippen LogP contribution is 2.29. The summed E-state index contributed by atoms with van der Waals surface area (Å²) >= 11 is 1.74. The molecule has 5 aromatic rings. The summed E-state index contributed by atoms with van der Waals surface area (Å²) in [6.07, 6.45) is 1.87. The molecule has 5 rings (SSSR count). The molecule has 0 bridgehead atoms. The molecule has 35 heavy (non-hydrogen) atoms. The average Bonchev–Trinajstić information content (AvgIpc) is 3.54. The number of rotatable bonds is 7. The van der Waals surface area contributed by atoms with Gasteiger partial charge in [-0.15, -0.1) is 11.3 Å². The van der Waals surface area contributed by atoms with Crippen LogP contribution in [-0.4, -0.2) is 47.7 Å². The van der Waals surface area contributed by atoms with E-state index in [2.05, 4.69) is 74.1 Å². The van der Waals surface area contributed by atoms with Crippen LogP contribution in [0.5, 0.6) is 0 Å². The van der Waals surface area contributed by atoms with Crippen molar-refractivity contribution in [2.45, 2.75) is 0 Å². The number of carbonyl (C=O) groups is 1. The van der Waals surface area contributed by atoms with Crippen LogP contribution >= 0.6 is 11.3 Å². The number of thiophene rings is 1. The van der Waals surface area contributed by atoms with E-state index in [0.717, 1.165) is 40.1 Å². The molecule has 0 fully saturated rings. The van der Waals surface area contributed by atoms with Crippen molar-refractivity contribution in [1.82, 2.24) is 19.8 Å². The molecule has 2 aromatic heterocycles. The number of benzene rings is 3. The summed E-state index contributed by atoms with van der Waals surface area (Å²) in [5.41, 5.74) is 7.21. The Morgan fingerprint density at radius 3 is 2.40 bits per heavy atom.